The predicted molar refractivity (Wildman–Crippen MR) is 73.2 cm³/mol. The Kier molecular flexibility index (Phi) is 4.98. The third kappa shape index (κ3) is 3.14. The Hall–Kier alpha value is 0.270. The molecule has 3 heteroatoms. The highest BCUT2D eigenvalue weighted by Crippen LogP contribution is 2.34. The monoisotopic (exact) mass is 242 g/mol. The standard InChI is InChI=1S/C13H26N2S/c1-3-16-13-5-4-12(8-13)15-7-6-11(10-15)9-14-2/h11-14H,3-10H2,1-2H3. The van der Waals surface area contributed by atoms with E-state index in [1.54, 1.807) is 0 Å². The van der Waals surface area contributed by atoms with Crippen LogP contribution in [-0.4, -0.2) is 48.6 Å². The molecule has 16 heavy (non-hydrogen) atoms. The Bertz CT molecular complexity index is 188. The predicted octanol–water partition coefficient (Wildman–Crippen LogP) is 2.20. The van der Waals surface area contributed by atoms with Gasteiger partial charge in [0, 0.05) is 17.8 Å². The van der Waals surface area contributed by atoms with Crippen LogP contribution in [0, 0.1) is 5.92 Å². The largest absolute Gasteiger partial charge is 0.319 e. The molecule has 3 atom stereocenters. The summed E-state index contributed by atoms with van der Waals surface area (Å²) in [7, 11) is 2.08. The second-order valence-corrected chi connectivity index (χ2v) is 6.83. The van der Waals surface area contributed by atoms with E-state index in [9.17, 15) is 0 Å². The molecule has 0 spiro atoms. The molecule has 1 heterocycles. The van der Waals surface area contributed by atoms with Gasteiger partial charge in [-0.15, -0.1) is 0 Å². The summed E-state index contributed by atoms with van der Waals surface area (Å²) in [6.07, 6.45) is 5.76. The van der Waals surface area contributed by atoms with Crippen molar-refractivity contribution in [2.24, 2.45) is 5.92 Å². The average Bonchev–Trinajstić information content (AvgIpc) is 2.87. The highest BCUT2D eigenvalue weighted by Gasteiger charge is 2.33. The van der Waals surface area contributed by atoms with Crippen LogP contribution in [0.4, 0.5) is 0 Å². The van der Waals surface area contributed by atoms with Crippen LogP contribution in [0.5, 0.6) is 0 Å². The minimum absolute atomic E-state index is 0.905. The van der Waals surface area contributed by atoms with E-state index in [4.69, 9.17) is 0 Å². The van der Waals surface area contributed by atoms with Gasteiger partial charge in [0.2, 0.25) is 0 Å². The molecule has 3 unspecified atom stereocenters. The van der Waals surface area contributed by atoms with Crippen LogP contribution in [0.3, 0.4) is 0 Å². The smallest absolute Gasteiger partial charge is 0.0106 e. The first-order valence-corrected chi connectivity index (χ1v) is 7.88. The van der Waals surface area contributed by atoms with Gasteiger partial charge in [0.05, 0.1) is 0 Å². The Morgan fingerprint density at radius 2 is 2.19 bits per heavy atom. The fourth-order valence-corrected chi connectivity index (χ4v) is 4.42. The number of thioether (sulfide) groups is 1. The van der Waals surface area contributed by atoms with E-state index in [0.29, 0.717) is 0 Å². The Morgan fingerprint density at radius 1 is 1.31 bits per heavy atom. The molecular formula is C13H26N2S. The van der Waals surface area contributed by atoms with E-state index >= 15 is 0 Å². The first-order chi connectivity index (χ1) is 7.83. The molecule has 0 amide bonds. The van der Waals surface area contributed by atoms with Crippen LogP contribution >= 0.6 is 11.8 Å². The summed E-state index contributed by atoms with van der Waals surface area (Å²) in [6.45, 7) is 6.18. The van der Waals surface area contributed by atoms with E-state index in [2.05, 4.69) is 35.9 Å². The molecule has 1 N–H and O–H groups in total. The van der Waals surface area contributed by atoms with Gasteiger partial charge in [-0.3, -0.25) is 0 Å². The molecule has 94 valence electrons. The Morgan fingerprint density at radius 3 is 2.94 bits per heavy atom. The summed E-state index contributed by atoms with van der Waals surface area (Å²) < 4.78 is 0. The molecule has 1 saturated heterocycles. The van der Waals surface area contributed by atoms with E-state index in [1.807, 2.05) is 0 Å². The quantitative estimate of drug-likeness (QED) is 0.796. The van der Waals surface area contributed by atoms with Crippen molar-refractivity contribution < 1.29 is 0 Å². The fraction of sp³-hybridized carbons (Fsp3) is 1.00. The zero-order chi connectivity index (χ0) is 11.4. The second-order valence-electron chi connectivity index (χ2n) is 5.25. The molecule has 1 saturated carbocycles. The summed E-state index contributed by atoms with van der Waals surface area (Å²) in [5.74, 6) is 2.20. The first-order valence-electron chi connectivity index (χ1n) is 6.83. The molecule has 2 aliphatic rings. The zero-order valence-electron chi connectivity index (χ0n) is 10.7. The molecule has 2 rings (SSSR count). The van der Waals surface area contributed by atoms with Gasteiger partial charge in [-0.1, -0.05) is 6.92 Å². The van der Waals surface area contributed by atoms with Crippen molar-refractivity contribution >= 4 is 11.8 Å². The van der Waals surface area contributed by atoms with Gasteiger partial charge in [-0.25, -0.2) is 0 Å². The Balaban J connectivity index is 1.73. The molecule has 0 bridgehead atoms. The molecule has 0 aromatic heterocycles. The number of nitrogens with zero attached hydrogens (tertiary/aromatic N) is 1. The summed E-state index contributed by atoms with van der Waals surface area (Å²) >= 11 is 2.17. The molecular weight excluding hydrogens is 216 g/mol. The van der Waals surface area contributed by atoms with Crippen LogP contribution in [-0.2, 0) is 0 Å². The summed E-state index contributed by atoms with van der Waals surface area (Å²) in [5, 5.41) is 4.28. The lowest BCUT2D eigenvalue weighted by Gasteiger charge is -2.24. The average molecular weight is 242 g/mol. The molecule has 2 nitrogen and oxygen atoms in total. The number of hydrogen-bond acceptors (Lipinski definition) is 3. The summed E-state index contributed by atoms with van der Waals surface area (Å²) in [4.78, 5) is 2.76. The van der Waals surface area contributed by atoms with Gasteiger partial charge in [0.1, 0.15) is 0 Å². The summed E-state index contributed by atoms with van der Waals surface area (Å²) in [6, 6.07) is 0.908. The zero-order valence-corrected chi connectivity index (χ0v) is 11.6. The SMILES string of the molecule is CCSC1CCC(N2CCC(CNC)C2)C1. The van der Waals surface area contributed by atoms with Crippen LogP contribution in [0.15, 0.2) is 0 Å². The molecule has 0 aromatic carbocycles. The van der Waals surface area contributed by atoms with Crippen molar-refractivity contribution in [3.05, 3.63) is 0 Å². The minimum Gasteiger partial charge on any atom is -0.319 e. The molecule has 2 fully saturated rings. The van der Waals surface area contributed by atoms with E-state index in [-0.39, 0.29) is 0 Å². The van der Waals surface area contributed by atoms with Crippen molar-refractivity contribution in [2.75, 3.05) is 32.4 Å². The maximum absolute atomic E-state index is 3.32. The van der Waals surface area contributed by atoms with Gasteiger partial charge in [0.15, 0.2) is 0 Å². The number of hydrogen-bond donors (Lipinski definition) is 1. The Labute approximate surface area is 105 Å². The minimum atomic E-state index is 0.905. The van der Waals surface area contributed by atoms with Gasteiger partial charge in [-0.05, 0) is 57.5 Å². The lowest BCUT2D eigenvalue weighted by molar-refractivity contribution is 0.237. The van der Waals surface area contributed by atoms with E-state index in [1.165, 1.54) is 51.1 Å². The lowest BCUT2D eigenvalue weighted by atomic mass is 10.1. The maximum atomic E-state index is 3.32. The highest BCUT2D eigenvalue weighted by atomic mass is 32.2. The maximum Gasteiger partial charge on any atom is 0.0106 e. The third-order valence-corrected chi connectivity index (χ3v) is 5.32. The van der Waals surface area contributed by atoms with Crippen molar-refractivity contribution in [3.63, 3.8) is 0 Å². The normalized spacial score (nSPS) is 36.0. The van der Waals surface area contributed by atoms with Gasteiger partial charge >= 0.3 is 0 Å². The number of rotatable bonds is 5. The van der Waals surface area contributed by atoms with Gasteiger partial charge in [-0.2, -0.15) is 11.8 Å². The van der Waals surface area contributed by atoms with E-state index in [0.717, 1.165) is 17.2 Å². The van der Waals surface area contributed by atoms with Crippen molar-refractivity contribution in [1.29, 1.82) is 0 Å². The topological polar surface area (TPSA) is 15.3 Å². The van der Waals surface area contributed by atoms with Crippen molar-refractivity contribution in [1.82, 2.24) is 10.2 Å². The molecule has 1 aliphatic carbocycles. The highest BCUT2D eigenvalue weighted by molar-refractivity contribution is 7.99. The van der Waals surface area contributed by atoms with Crippen LogP contribution < -0.4 is 5.32 Å². The van der Waals surface area contributed by atoms with Gasteiger partial charge in [0.25, 0.3) is 0 Å². The van der Waals surface area contributed by atoms with Gasteiger partial charge < -0.3 is 10.2 Å². The molecule has 0 aromatic rings. The summed E-state index contributed by atoms with van der Waals surface area (Å²) in [5.41, 5.74) is 0. The number of likely N-dealkylation sites (tertiary alicyclic amines) is 1. The second kappa shape index (κ2) is 6.27. The van der Waals surface area contributed by atoms with Crippen molar-refractivity contribution in [2.45, 2.75) is 43.9 Å². The third-order valence-electron chi connectivity index (χ3n) is 4.09. The number of nitrogens with one attached hydrogen (secondary N) is 1. The van der Waals surface area contributed by atoms with Crippen LogP contribution in [0.25, 0.3) is 0 Å². The molecule has 1 aliphatic heterocycles. The van der Waals surface area contributed by atoms with Crippen LogP contribution in [0.1, 0.15) is 32.6 Å². The first kappa shape index (κ1) is 12.7. The van der Waals surface area contributed by atoms with Crippen molar-refractivity contribution in [3.8, 4) is 0 Å². The van der Waals surface area contributed by atoms with E-state index < -0.39 is 0 Å². The van der Waals surface area contributed by atoms with Crippen LogP contribution in [0.2, 0.25) is 0 Å². The lowest BCUT2D eigenvalue weighted by Crippen LogP contribution is -2.32. The fourth-order valence-electron chi connectivity index (χ4n) is 3.29. The molecule has 0 radical (unpaired) electrons.